The maximum atomic E-state index is 12.9. The van der Waals surface area contributed by atoms with E-state index in [4.69, 9.17) is 9.15 Å². The molecule has 1 amide bonds. The van der Waals surface area contributed by atoms with Gasteiger partial charge in [-0.3, -0.25) is 14.9 Å². The number of carbonyl (C=O) groups is 1. The van der Waals surface area contributed by atoms with E-state index >= 15 is 0 Å². The van der Waals surface area contributed by atoms with E-state index in [2.05, 4.69) is 49.0 Å². The first-order valence-electron chi connectivity index (χ1n) is 9.87. The molecule has 4 rings (SSSR count). The van der Waals surface area contributed by atoms with Crippen LogP contribution in [0.4, 0.5) is 18.9 Å². The molecule has 36 heavy (non-hydrogen) atoms. The van der Waals surface area contributed by atoms with Crippen LogP contribution in [-0.2, 0) is 6.18 Å². The summed E-state index contributed by atoms with van der Waals surface area (Å²) in [6.45, 7) is 0. The third-order valence-corrected chi connectivity index (χ3v) is 5.99. The first-order valence-corrected chi connectivity index (χ1v) is 11.7. The van der Waals surface area contributed by atoms with E-state index in [1.54, 1.807) is 18.2 Å². The van der Waals surface area contributed by atoms with Gasteiger partial charge in [0.15, 0.2) is 5.76 Å². The van der Waals surface area contributed by atoms with Crippen molar-refractivity contribution in [1.29, 1.82) is 0 Å². The standard InChI is InChI=1S/C23H12BrF3IN3O5/c24-15-7-13-8-20(36-21(13)17(28)10-15)22(32)30-29-11-12-1-4-16(5-2-12)35-19-6-3-14(23(25,26)27)9-18(19)31(33)34/h1-11H,(H,30,32)/b29-11-. The molecule has 0 radical (unpaired) electrons. The maximum absolute atomic E-state index is 12.9. The number of nitrogens with one attached hydrogen (secondary N) is 1. The molecule has 1 N–H and O–H groups in total. The van der Waals surface area contributed by atoms with Crippen LogP contribution in [0.2, 0.25) is 0 Å². The molecule has 184 valence electrons. The zero-order valence-corrected chi connectivity index (χ0v) is 21.4. The Morgan fingerprint density at radius 1 is 1.14 bits per heavy atom. The van der Waals surface area contributed by atoms with Crippen molar-refractivity contribution in [3.63, 3.8) is 0 Å². The Morgan fingerprint density at radius 3 is 2.53 bits per heavy atom. The molecule has 0 aliphatic heterocycles. The highest BCUT2D eigenvalue weighted by Crippen LogP contribution is 2.37. The van der Waals surface area contributed by atoms with E-state index < -0.39 is 28.3 Å². The molecule has 0 aliphatic carbocycles. The minimum absolute atomic E-state index is 0.0834. The molecule has 0 saturated heterocycles. The summed E-state index contributed by atoms with van der Waals surface area (Å²) in [5.74, 6) is -0.653. The molecule has 0 saturated carbocycles. The number of hydrogen-bond donors (Lipinski definition) is 1. The van der Waals surface area contributed by atoms with E-state index in [1.165, 1.54) is 18.3 Å². The van der Waals surface area contributed by atoms with E-state index in [0.29, 0.717) is 23.3 Å². The summed E-state index contributed by atoms with van der Waals surface area (Å²) in [6.07, 6.45) is -3.37. The van der Waals surface area contributed by atoms with Gasteiger partial charge in [-0.05, 0) is 82.8 Å². The Balaban J connectivity index is 1.42. The monoisotopic (exact) mass is 673 g/mol. The lowest BCUT2D eigenvalue weighted by molar-refractivity contribution is -0.385. The second-order valence-corrected chi connectivity index (χ2v) is 9.30. The Kier molecular flexibility index (Phi) is 7.31. The number of hydrogen-bond acceptors (Lipinski definition) is 6. The zero-order chi connectivity index (χ0) is 26.0. The van der Waals surface area contributed by atoms with E-state index in [0.717, 1.165) is 19.5 Å². The summed E-state index contributed by atoms with van der Waals surface area (Å²) in [6, 6.07) is 13.3. The van der Waals surface area contributed by atoms with Crippen molar-refractivity contribution >= 4 is 67.3 Å². The summed E-state index contributed by atoms with van der Waals surface area (Å²) in [5, 5.41) is 15.8. The first-order chi connectivity index (χ1) is 17.0. The van der Waals surface area contributed by atoms with Crippen LogP contribution in [0, 0.1) is 13.7 Å². The molecule has 3 aromatic carbocycles. The SMILES string of the molecule is O=C(N/N=C\c1ccc(Oc2ccc(C(F)(F)F)cc2[N+](=O)[O-])cc1)c1cc2cc(Br)cc(I)c2o1. The van der Waals surface area contributed by atoms with Crippen molar-refractivity contribution < 1.29 is 32.0 Å². The predicted octanol–water partition coefficient (Wildman–Crippen LogP) is 7.28. The van der Waals surface area contributed by atoms with Crippen molar-refractivity contribution in [3.05, 3.63) is 95.7 Å². The highest BCUT2D eigenvalue weighted by Gasteiger charge is 2.33. The van der Waals surface area contributed by atoms with E-state index in [1.807, 2.05) is 12.1 Å². The molecule has 0 atom stereocenters. The number of ether oxygens (including phenoxy) is 1. The number of nitro benzene ring substituents is 1. The highest BCUT2D eigenvalue weighted by molar-refractivity contribution is 14.1. The lowest BCUT2D eigenvalue weighted by Crippen LogP contribution is -2.16. The van der Waals surface area contributed by atoms with Crippen LogP contribution in [0.1, 0.15) is 21.7 Å². The number of amides is 1. The van der Waals surface area contributed by atoms with Gasteiger partial charge in [-0.15, -0.1) is 0 Å². The lowest BCUT2D eigenvalue weighted by atomic mass is 10.2. The fourth-order valence-corrected chi connectivity index (χ4v) is 4.74. The number of nitro groups is 1. The van der Waals surface area contributed by atoms with Crippen LogP contribution in [0.3, 0.4) is 0 Å². The van der Waals surface area contributed by atoms with Crippen LogP contribution >= 0.6 is 38.5 Å². The van der Waals surface area contributed by atoms with Crippen LogP contribution in [0.15, 0.2) is 74.7 Å². The number of furan rings is 1. The Hall–Kier alpha value is -3.46. The molecule has 0 spiro atoms. The van der Waals surface area contributed by atoms with Crippen molar-refractivity contribution in [2.75, 3.05) is 0 Å². The van der Waals surface area contributed by atoms with Gasteiger partial charge >= 0.3 is 17.8 Å². The van der Waals surface area contributed by atoms with Gasteiger partial charge in [-0.2, -0.15) is 18.3 Å². The van der Waals surface area contributed by atoms with E-state index in [9.17, 15) is 28.1 Å². The van der Waals surface area contributed by atoms with Crippen LogP contribution < -0.4 is 10.2 Å². The summed E-state index contributed by atoms with van der Waals surface area (Å²) in [7, 11) is 0. The first kappa shape index (κ1) is 25.6. The number of halogens is 5. The molecule has 0 bridgehead atoms. The predicted molar refractivity (Wildman–Crippen MR) is 136 cm³/mol. The molecule has 4 aromatic rings. The highest BCUT2D eigenvalue weighted by atomic mass is 127. The Morgan fingerprint density at radius 2 is 1.86 bits per heavy atom. The number of benzene rings is 3. The van der Waals surface area contributed by atoms with Crippen LogP contribution in [0.5, 0.6) is 11.5 Å². The second kappa shape index (κ2) is 10.3. The third-order valence-electron chi connectivity index (χ3n) is 4.73. The van der Waals surface area contributed by atoms with Gasteiger partial charge in [0.1, 0.15) is 11.3 Å². The summed E-state index contributed by atoms with van der Waals surface area (Å²) in [4.78, 5) is 22.6. The molecular weight excluding hydrogens is 662 g/mol. The second-order valence-electron chi connectivity index (χ2n) is 7.22. The van der Waals surface area contributed by atoms with Gasteiger partial charge in [0.05, 0.1) is 20.3 Å². The molecular formula is C23H12BrF3IN3O5. The van der Waals surface area contributed by atoms with Crippen molar-refractivity contribution in [2.24, 2.45) is 5.10 Å². The average Bonchev–Trinajstić information content (AvgIpc) is 3.24. The van der Waals surface area contributed by atoms with Crippen molar-refractivity contribution in [3.8, 4) is 11.5 Å². The normalized spacial score (nSPS) is 11.7. The third kappa shape index (κ3) is 5.84. The number of carbonyl (C=O) groups excluding carboxylic acids is 1. The Labute approximate surface area is 222 Å². The lowest BCUT2D eigenvalue weighted by Gasteiger charge is -2.10. The van der Waals surface area contributed by atoms with Gasteiger partial charge in [0, 0.05) is 15.9 Å². The van der Waals surface area contributed by atoms with Crippen LogP contribution in [-0.4, -0.2) is 17.0 Å². The molecule has 0 fully saturated rings. The van der Waals surface area contributed by atoms with Gasteiger partial charge in [0.2, 0.25) is 5.75 Å². The van der Waals surface area contributed by atoms with Gasteiger partial charge < -0.3 is 9.15 Å². The molecule has 13 heteroatoms. The minimum Gasteiger partial charge on any atom is -0.450 e. The molecule has 1 aromatic heterocycles. The fraction of sp³-hybridized carbons (Fsp3) is 0.0435. The zero-order valence-electron chi connectivity index (χ0n) is 17.7. The molecule has 8 nitrogen and oxygen atoms in total. The Bertz CT molecular complexity index is 1500. The smallest absolute Gasteiger partial charge is 0.416 e. The number of nitrogens with zero attached hydrogens (tertiary/aromatic N) is 2. The topological polar surface area (TPSA) is 107 Å². The summed E-state index contributed by atoms with van der Waals surface area (Å²) < 4.78 is 51.2. The van der Waals surface area contributed by atoms with Crippen molar-refractivity contribution in [1.82, 2.24) is 5.43 Å². The quantitative estimate of drug-likeness (QED) is 0.100. The number of rotatable bonds is 6. The van der Waals surface area contributed by atoms with Gasteiger partial charge in [-0.1, -0.05) is 15.9 Å². The fourth-order valence-electron chi connectivity index (χ4n) is 3.08. The number of hydrazone groups is 1. The molecule has 0 aliphatic rings. The minimum atomic E-state index is -4.72. The van der Waals surface area contributed by atoms with E-state index in [-0.39, 0.29) is 17.3 Å². The van der Waals surface area contributed by atoms with Gasteiger partial charge in [0.25, 0.3) is 0 Å². The van der Waals surface area contributed by atoms with Crippen molar-refractivity contribution in [2.45, 2.75) is 6.18 Å². The average molecular weight is 674 g/mol. The summed E-state index contributed by atoms with van der Waals surface area (Å²) >= 11 is 5.49. The van der Waals surface area contributed by atoms with Crippen LogP contribution in [0.25, 0.3) is 11.0 Å². The van der Waals surface area contributed by atoms with Gasteiger partial charge in [-0.25, -0.2) is 5.43 Å². The largest absolute Gasteiger partial charge is 0.450 e. The maximum Gasteiger partial charge on any atom is 0.416 e. The summed E-state index contributed by atoms with van der Waals surface area (Å²) in [5.41, 5.74) is 1.52. The molecule has 1 heterocycles. The molecule has 0 unspecified atom stereocenters. The number of fused-ring (bicyclic) bond motifs is 1. The number of alkyl halides is 3.